The molecule has 3 aromatic rings. The van der Waals surface area contributed by atoms with Crippen LogP contribution in [-0.4, -0.2) is 55.4 Å². The van der Waals surface area contributed by atoms with E-state index in [2.05, 4.69) is 10.2 Å². The minimum Gasteiger partial charge on any atom is -0.507 e. The number of fused-ring (bicyclic) bond motifs is 1. The van der Waals surface area contributed by atoms with Crippen molar-refractivity contribution in [1.82, 2.24) is 10.2 Å². The molecule has 1 amide bonds. The summed E-state index contributed by atoms with van der Waals surface area (Å²) in [4.78, 5) is 14.9. The van der Waals surface area contributed by atoms with Gasteiger partial charge in [0.15, 0.2) is 0 Å². The van der Waals surface area contributed by atoms with Crippen LogP contribution in [0, 0.1) is 0 Å². The van der Waals surface area contributed by atoms with Gasteiger partial charge in [0.2, 0.25) is 0 Å². The fourth-order valence-corrected chi connectivity index (χ4v) is 3.55. The van der Waals surface area contributed by atoms with Gasteiger partial charge in [-0.3, -0.25) is 9.69 Å². The van der Waals surface area contributed by atoms with E-state index in [0.29, 0.717) is 13.2 Å². The zero-order valence-corrected chi connectivity index (χ0v) is 16.8. The first-order valence-electron chi connectivity index (χ1n) is 10.2. The highest BCUT2D eigenvalue weighted by Gasteiger charge is 2.13. The highest BCUT2D eigenvalue weighted by atomic mass is 16.5. The lowest BCUT2D eigenvalue weighted by Gasteiger charge is -2.26. The monoisotopic (exact) mass is 406 g/mol. The van der Waals surface area contributed by atoms with Crippen LogP contribution >= 0.6 is 0 Å². The third kappa shape index (κ3) is 5.09. The number of hydrogen-bond acceptors (Lipinski definition) is 5. The molecule has 30 heavy (non-hydrogen) atoms. The molecule has 1 aliphatic heterocycles. The van der Waals surface area contributed by atoms with Crippen molar-refractivity contribution >= 4 is 16.7 Å². The first-order chi connectivity index (χ1) is 14.7. The summed E-state index contributed by atoms with van der Waals surface area (Å²) in [6, 6.07) is 18.7. The molecule has 1 fully saturated rings. The van der Waals surface area contributed by atoms with Crippen LogP contribution in [0.5, 0.6) is 11.5 Å². The molecule has 156 valence electrons. The minimum atomic E-state index is -0.308. The van der Waals surface area contributed by atoms with Gasteiger partial charge in [-0.2, -0.15) is 0 Å². The first kappa shape index (κ1) is 20.2. The molecule has 0 radical (unpaired) electrons. The van der Waals surface area contributed by atoms with Crippen molar-refractivity contribution in [3.8, 4) is 11.5 Å². The Balaban J connectivity index is 1.33. The molecular formula is C24H26N2O4. The number of amides is 1. The number of benzene rings is 3. The Kier molecular flexibility index (Phi) is 6.47. The molecule has 1 saturated heterocycles. The van der Waals surface area contributed by atoms with Crippen molar-refractivity contribution in [2.24, 2.45) is 0 Å². The summed E-state index contributed by atoms with van der Waals surface area (Å²) in [6.45, 7) is 5.27. The second-order valence-electron chi connectivity index (χ2n) is 7.35. The quantitative estimate of drug-likeness (QED) is 0.631. The zero-order valence-electron chi connectivity index (χ0n) is 16.8. The molecular weight excluding hydrogens is 380 g/mol. The number of phenols is 1. The van der Waals surface area contributed by atoms with E-state index < -0.39 is 0 Å². The Hall–Kier alpha value is -3.09. The molecule has 4 rings (SSSR count). The van der Waals surface area contributed by atoms with Gasteiger partial charge < -0.3 is 19.9 Å². The topological polar surface area (TPSA) is 71.0 Å². The lowest BCUT2D eigenvalue weighted by atomic mass is 10.1. The Bertz CT molecular complexity index is 1020. The number of hydrogen-bond donors (Lipinski definition) is 2. The fourth-order valence-electron chi connectivity index (χ4n) is 3.55. The maximum atomic E-state index is 12.6. The van der Waals surface area contributed by atoms with Crippen LogP contribution in [0.1, 0.15) is 15.9 Å². The number of carbonyl (C=O) groups is 1. The molecule has 0 saturated carbocycles. The number of rotatable bonds is 7. The third-order valence-corrected chi connectivity index (χ3v) is 5.24. The summed E-state index contributed by atoms with van der Waals surface area (Å²) in [5, 5.41) is 14.9. The average Bonchev–Trinajstić information content (AvgIpc) is 2.78. The van der Waals surface area contributed by atoms with Gasteiger partial charge >= 0.3 is 0 Å². The third-order valence-electron chi connectivity index (χ3n) is 5.24. The molecule has 6 nitrogen and oxygen atoms in total. The van der Waals surface area contributed by atoms with Crippen molar-refractivity contribution in [3.63, 3.8) is 0 Å². The number of nitrogens with zero attached hydrogens (tertiary/aromatic N) is 1. The lowest BCUT2D eigenvalue weighted by Crippen LogP contribution is -2.38. The summed E-state index contributed by atoms with van der Waals surface area (Å²) in [6.07, 6.45) is 0. The van der Waals surface area contributed by atoms with Crippen LogP contribution in [0.4, 0.5) is 0 Å². The van der Waals surface area contributed by atoms with Crippen molar-refractivity contribution in [1.29, 1.82) is 0 Å². The van der Waals surface area contributed by atoms with E-state index in [1.54, 1.807) is 12.1 Å². The van der Waals surface area contributed by atoms with Gasteiger partial charge in [-0.05, 0) is 40.6 Å². The highest BCUT2D eigenvalue weighted by molar-refractivity contribution is 6.01. The number of carbonyl (C=O) groups excluding carboxylic acids is 1. The molecule has 3 aromatic carbocycles. The van der Waals surface area contributed by atoms with Crippen LogP contribution in [0.25, 0.3) is 10.8 Å². The van der Waals surface area contributed by atoms with Crippen LogP contribution in [-0.2, 0) is 11.3 Å². The van der Waals surface area contributed by atoms with Crippen molar-refractivity contribution < 1.29 is 19.4 Å². The molecule has 0 bridgehead atoms. The van der Waals surface area contributed by atoms with E-state index >= 15 is 0 Å². The Labute approximate surface area is 176 Å². The minimum absolute atomic E-state index is 0.0219. The standard InChI is InChI=1S/C24H26N2O4/c27-23-16-20-6-2-1-5-19(20)15-22(23)24(28)25-17-18-4-3-7-21(14-18)30-13-10-26-8-11-29-12-9-26/h1-7,14-16,27H,8-13,17H2,(H,25,28). The SMILES string of the molecule is O=C(NCc1cccc(OCCN2CCOCC2)c1)c1cc2ccccc2cc1O. The number of ether oxygens (including phenoxy) is 2. The maximum absolute atomic E-state index is 12.6. The molecule has 0 unspecified atom stereocenters. The Morgan fingerprint density at radius 2 is 1.80 bits per heavy atom. The van der Waals surface area contributed by atoms with Gasteiger partial charge in [0.25, 0.3) is 5.91 Å². The van der Waals surface area contributed by atoms with Gasteiger partial charge in [0.05, 0.1) is 18.8 Å². The number of nitrogens with one attached hydrogen (secondary N) is 1. The Morgan fingerprint density at radius 1 is 1.03 bits per heavy atom. The molecule has 0 aliphatic carbocycles. The highest BCUT2D eigenvalue weighted by Crippen LogP contribution is 2.25. The molecule has 1 heterocycles. The molecule has 2 N–H and O–H groups in total. The summed E-state index contributed by atoms with van der Waals surface area (Å²) >= 11 is 0. The van der Waals surface area contributed by atoms with E-state index in [9.17, 15) is 9.90 Å². The van der Waals surface area contributed by atoms with Crippen LogP contribution in [0.15, 0.2) is 60.7 Å². The lowest BCUT2D eigenvalue weighted by molar-refractivity contribution is 0.0322. The molecule has 1 aliphatic rings. The van der Waals surface area contributed by atoms with Crippen LogP contribution < -0.4 is 10.1 Å². The normalized spacial score (nSPS) is 14.5. The van der Waals surface area contributed by atoms with Gasteiger partial charge in [-0.25, -0.2) is 0 Å². The molecule has 6 heteroatoms. The summed E-state index contributed by atoms with van der Waals surface area (Å²) in [7, 11) is 0. The second kappa shape index (κ2) is 9.61. The van der Waals surface area contributed by atoms with Crippen molar-refractivity contribution in [2.75, 3.05) is 39.5 Å². The summed E-state index contributed by atoms with van der Waals surface area (Å²) < 4.78 is 11.2. The molecule has 0 spiro atoms. The zero-order chi connectivity index (χ0) is 20.8. The van der Waals surface area contributed by atoms with E-state index in [-0.39, 0.29) is 17.2 Å². The molecule has 0 atom stereocenters. The van der Waals surface area contributed by atoms with Crippen LogP contribution in [0.3, 0.4) is 0 Å². The molecule has 0 aromatic heterocycles. The van der Waals surface area contributed by atoms with Gasteiger partial charge in [0, 0.05) is 26.2 Å². The fraction of sp³-hybridized carbons (Fsp3) is 0.292. The Morgan fingerprint density at radius 3 is 2.60 bits per heavy atom. The van der Waals surface area contributed by atoms with Crippen molar-refractivity contribution in [3.05, 3.63) is 71.8 Å². The van der Waals surface area contributed by atoms with Gasteiger partial charge in [-0.15, -0.1) is 0 Å². The smallest absolute Gasteiger partial charge is 0.255 e. The van der Waals surface area contributed by atoms with Gasteiger partial charge in [-0.1, -0.05) is 36.4 Å². The largest absolute Gasteiger partial charge is 0.507 e. The predicted molar refractivity (Wildman–Crippen MR) is 116 cm³/mol. The number of morpholine rings is 1. The maximum Gasteiger partial charge on any atom is 0.255 e. The second-order valence-corrected chi connectivity index (χ2v) is 7.35. The van der Waals surface area contributed by atoms with Crippen molar-refractivity contribution in [2.45, 2.75) is 6.54 Å². The first-order valence-corrected chi connectivity index (χ1v) is 10.2. The summed E-state index contributed by atoms with van der Waals surface area (Å²) in [5.74, 6) is 0.451. The average molecular weight is 406 g/mol. The number of phenolic OH excluding ortho intramolecular Hbond substituents is 1. The van der Waals surface area contributed by atoms with E-state index in [1.807, 2.05) is 48.5 Å². The summed E-state index contributed by atoms with van der Waals surface area (Å²) in [5.41, 5.74) is 1.21. The predicted octanol–water partition coefficient (Wildman–Crippen LogP) is 3.19. The van der Waals surface area contributed by atoms with E-state index in [0.717, 1.165) is 54.9 Å². The van der Waals surface area contributed by atoms with E-state index in [1.165, 1.54) is 0 Å². The van der Waals surface area contributed by atoms with Crippen LogP contribution in [0.2, 0.25) is 0 Å². The van der Waals surface area contributed by atoms with E-state index in [4.69, 9.17) is 9.47 Å². The van der Waals surface area contributed by atoms with Gasteiger partial charge in [0.1, 0.15) is 18.1 Å². The number of aromatic hydroxyl groups is 1.